The number of hydrogen-bond acceptors (Lipinski definition) is 6. The van der Waals surface area contributed by atoms with Crippen LogP contribution >= 0.6 is 0 Å². The van der Waals surface area contributed by atoms with Crippen LogP contribution in [0.3, 0.4) is 0 Å². The normalized spacial score (nSPS) is 15.0. The molecule has 0 saturated heterocycles. The first-order chi connectivity index (χ1) is 15.9. The smallest absolute Gasteiger partial charge is 0.304 e. The average molecular weight is 442 g/mol. The number of fused-ring (bicyclic) bond motifs is 3. The van der Waals surface area contributed by atoms with Gasteiger partial charge in [0.25, 0.3) is 5.89 Å². The largest absolute Gasteiger partial charge is 0.490 e. The molecule has 4 aromatic rings. The van der Waals surface area contributed by atoms with Gasteiger partial charge in [-0.05, 0) is 62.7 Å². The van der Waals surface area contributed by atoms with Gasteiger partial charge in [-0.15, -0.1) is 0 Å². The van der Waals surface area contributed by atoms with Crippen LogP contribution in [0.15, 0.2) is 47.0 Å². The molecule has 3 heterocycles. The van der Waals surface area contributed by atoms with Crippen LogP contribution in [0.5, 0.6) is 5.75 Å². The van der Waals surface area contributed by atoms with Gasteiger partial charge in [0, 0.05) is 40.2 Å². The molecule has 1 N–H and O–H groups in total. The van der Waals surface area contributed by atoms with E-state index in [9.17, 15) is 15.2 Å². The molecule has 1 aliphatic heterocycles. The van der Waals surface area contributed by atoms with Crippen LogP contribution in [0.25, 0.3) is 33.7 Å². The number of aliphatic carboxylic acids is 1. The number of hydrogen-bond donors (Lipinski definition) is 1. The van der Waals surface area contributed by atoms with E-state index in [-0.39, 0.29) is 18.4 Å². The Hall–Kier alpha value is -4.12. The molecule has 0 fully saturated rings. The Balaban J connectivity index is 1.45. The summed E-state index contributed by atoms with van der Waals surface area (Å²) in [5.74, 6) is 0.540. The topological polar surface area (TPSA) is 114 Å². The molecule has 0 amide bonds. The summed E-state index contributed by atoms with van der Waals surface area (Å²) in [6, 6.07) is 15.4. The van der Waals surface area contributed by atoms with Gasteiger partial charge in [-0.1, -0.05) is 5.16 Å². The Morgan fingerprint density at radius 3 is 2.85 bits per heavy atom. The molecule has 0 bridgehead atoms. The molecule has 0 spiro atoms. The molecule has 8 nitrogen and oxygen atoms in total. The Morgan fingerprint density at radius 1 is 1.27 bits per heavy atom. The third kappa shape index (κ3) is 3.82. The van der Waals surface area contributed by atoms with Crippen molar-refractivity contribution in [2.75, 3.05) is 0 Å². The summed E-state index contributed by atoms with van der Waals surface area (Å²) < 4.78 is 13.3. The van der Waals surface area contributed by atoms with Crippen molar-refractivity contribution in [3.63, 3.8) is 0 Å². The molecule has 1 atom stereocenters. The molecule has 1 aliphatic rings. The van der Waals surface area contributed by atoms with Gasteiger partial charge in [0.1, 0.15) is 11.8 Å². The summed E-state index contributed by atoms with van der Waals surface area (Å²) in [4.78, 5) is 15.7. The Morgan fingerprint density at radius 2 is 2.09 bits per heavy atom. The summed E-state index contributed by atoms with van der Waals surface area (Å²) >= 11 is 0. The fourth-order valence-electron chi connectivity index (χ4n) is 4.43. The monoisotopic (exact) mass is 442 g/mol. The SMILES string of the molecule is CC(C)Oc1ccc(-c2nc(-c3ccc4c(c3)cc3n4CC[C@@H]3CC(=O)O)no2)cc1C#N. The van der Waals surface area contributed by atoms with E-state index in [0.717, 1.165) is 35.1 Å². The number of benzene rings is 2. The molecule has 0 unspecified atom stereocenters. The van der Waals surface area contributed by atoms with Crippen molar-refractivity contribution in [1.82, 2.24) is 14.7 Å². The van der Waals surface area contributed by atoms with E-state index in [1.165, 1.54) is 0 Å². The van der Waals surface area contributed by atoms with Gasteiger partial charge in [0.15, 0.2) is 0 Å². The van der Waals surface area contributed by atoms with Crippen LogP contribution in [-0.2, 0) is 11.3 Å². The third-order valence-electron chi connectivity index (χ3n) is 5.87. The van der Waals surface area contributed by atoms with Crippen molar-refractivity contribution in [3.8, 4) is 34.7 Å². The van der Waals surface area contributed by atoms with Crippen molar-refractivity contribution in [2.45, 2.75) is 45.3 Å². The lowest BCUT2D eigenvalue weighted by Crippen LogP contribution is -2.06. The fourth-order valence-corrected chi connectivity index (χ4v) is 4.43. The van der Waals surface area contributed by atoms with E-state index >= 15 is 0 Å². The Kier molecular flexibility index (Phi) is 5.09. The number of carboxylic acid groups (broad SMARTS) is 1. The van der Waals surface area contributed by atoms with Crippen LogP contribution in [0.1, 0.15) is 43.9 Å². The van der Waals surface area contributed by atoms with Crippen molar-refractivity contribution in [2.24, 2.45) is 0 Å². The second kappa shape index (κ2) is 8.10. The Bertz CT molecular complexity index is 1410. The minimum atomic E-state index is -0.776. The molecule has 33 heavy (non-hydrogen) atoms. The standard InChI is InChI=1S/C25H22N4O4/c1-14(2)32-22-6-4-17(10-19(22)13-26)25-27-24(28-33-25)16-3-5-20-18(9-16)11-21-15(12-23(30)31)7-8-29(20)21/h3-6,9-11,14-15H,7-8,12H2,1-2H3,(H,30,31)/t15-/m1/s1. The van der Waals surface area contributed by atoms with Crippen molar-refractivity contribution in [3.05, 3.63) is 53.7 Å². The summed E-state index contributed by atoms with van der Waals surface area (Å²) in [5.41, 5.74) is 3.98. The number of aromatic nitrogens is 3. The van der Waals surface area contributed by atoms with Gasteiger partial charge >= 0.3 is 5.97 Å². The summed E-state index contributed by atoms with van der Waals surface area (Å²) in [6.07, 6.45) is 0.949. The number of carboxylic acids is 1. The zero-order valence-electron chi connectivity index (χ0n) is 18.3. The lowest BCUT2D eigenvalue weighted by molar-refractivity contribution is -0.137. The van der Waals surface area contributed by atoms with Gasteiger partial charge in [-0.2, -0.15) is 10.2 Å². The second-order valence-corrected chi connectivity index (χ2v) is 8.49. The number of nitrogens with zero attached hydrogens (tertiary/aromatic N) is 4. The molecular weight excluding hydrogens is 420 g/mol. The average Bonchev–Trinajstić information content (AvgIpc) is 3.49. The number of aryl methyl sites for hydroxylation is 1. The van der Waals surface area contributed by atoms with Gasteiger partial charge in [0.05, 0.1) is 18.1 Å². The molecule has 5 rings (SSSR count). The van der Waals surface area contributed by atoms with Crippen molar-refractivity contribution < 1.29 is 19.2 Å². The van der Waals surface area contributed by atoms with E-state index in [0.29, 0.717) is 28.6 Å². The molecule has 0 radical (unpaired) electrons. The predicted molar refractivity (Wildman–Crippen MR) is 121 cm³/mol. The van der Waals surface area contributed by atoms with E-state index < -0.39 is 5.97 Å². The highest BCUT2D eigenvalue weighted by atomic mass is 16.5. The number of carbonyl (C=O) groups is 1. The summed E-state index contributed by atoms with van der Waals surface area (Å²) in [5, 5.41) is 23.8. The first-order valence-electron chi connectivity index (χ1n) is 10.8. The zero-order chi connectivity index (χ0) is 23.1. The molecular formula is C25H22N4O4. The quantitative estimate of drug-likeness (QED) is 0.448. The highest BCUT2D eigenvalue weighted by Gasteiger charge is 2.27. The molecule has 2 aromatic heterocycles. The summed E-state index contributed by atoms with van der Waals surface area (Å²) in [6.45, 7) is 4.63. The van der Waals surface area contributed by atoms with E-state index in [1.807, 2.05) is 32.0 Å². The molecule has 8 heteroatoms. The minimum absolute atomic E-state index is 0.0344. The second-order valence-electron chi connectivity index (χ2n) is 8.49. The van der Waals surface area contributed by atoms with Gasteiger partial charge < -0.3 is 18.9 Å². The van der Waals surface area contributed by atoms with Gasteiger partial charge in [-0.25, -0.2) is 0 Å². The van der Waals surface area contributed by atoms with E-state index in [1.54, 1.807) is 18.2 Å². The maximum atomic E-state index is 11.2. The fraction of sp³-hybridized carbons (Fsp3) is 0.280. The lowest BCUT2D eigenvalue weighted by atomic mass is 10.0. The third-order valence-corrected chi connectivity index (χ3v) is 5.87. The van der Waals surface area contributed by atoms with Crippen LogP contribution < -0.4 is 4.74 Å². The summed E-state index contributed by atoms with van der Waals surface area (Å²) in [7, 11) is 0. The highest BCUT2D eigenvalue weighted by molar-refractivity contribution is 5.86. The van der Waals surface area contributed by atoms with Gasteiger partial charge in [-0.3, -0.25) is 4.79 Å². The number of nitriles is 1. The van der Waals surface area contributed by atoms with Crippen molar-refractivity contribution in [1.29, 1.82) is 5.26 Å². The van der Waals surface area contributed by atoms with Crippen LogP contribution in [0, 0.1) is 11.3 Å². The Labute approximate surface area is 190 Å². The van der Waals surface area contributed by atoms with Crippen molar-refractivity contribution >= 4 is 16.9 Å². The van der Waals surface area contributed by atoms with Crippen LogP contribution in [0.2, 0.25) is 0 Å². The number of rotatable bonds is 6. The molecule has 0 saturated carbocycles. The van der Waals surface area contributed by atoms with Crippen LogP contribution in [-0.4, -0.2) is 31.9 Å². The maximum Gasteiger partial charge on any atom is 0.304 e. The molecule has 166 valence electrons. The molecule has 0 aliphatic carbocycles. The highest BCUT2D eigenvalue weighted by Crippen LogP contribution is 2.37. The zero-order valence-corrected chi connectivity index (χ0v) is 18.3. The van der Waals surface area contributed by atoms with E-state index in [2.05, 4.69) is 26.8 Å². The van der Waals surface area contributed by atoms with Gasteiger partial charge in [0.2, 0.25) is 5.82 Å². The first-order valence-corrected chi connectivity index (χ1v) is 10.8. The first kappa shape index (κ1) is 20.8. The van der Waals surface area contributed by atoms with Crippen LogP contribution in [0.4, 0.5) is 0 Å². The van der Waals surface area contributed by atoms with E-state index in [4.69, 9.17) is 9.26 Å². The minimum Gasteiger partial charge on any atom is -0.490 e. The number of ether oxygens (including phenoxy) is 1. The lowest BCUT2D eigenvalue weighted by Gasteiger charge is -2.11. The maximum absolute atomic E-state index is 11.2. The predicted octanol–water partition coefficient (Wildman–Crippen LogP) is 4.98. The molecule has 2 aromatic carbocycles.